The first-order valence-electron chi connectivity index (χ1n) is 7.69. The standard InChI is InChI=1S/C18H19N3OS/c1-2-3-17(22)20-13-4-6-15-11(9-13)8-12-10-14(21-18(19)23)5-7-16(12)15/h4-7,9-10H,2-3,8H2,1H3,(H,20,22)(H3,19,21,23). The van der Waals surface area contributed by atoms with Crippen LogP contribution in [0.5, 0.6) is 0 Å². The Hall–Kier alpha value is -2.40. The van der Waals surface area contributed by atoms with Crippen LogP contribution in [-0.2, 0) is 11.2 Å². The van der Waals surface area contributed by atoms with Crippen molar-refractivity contribution in [2.75, 3.05) is 10.6 Å². The van der Waals surface area contributed by atoms with Gasteiger partial charge in [-0.25, -0.2) is 0 Å². The number of amides is 1. The van der Waals surface area contributed by atoms with Crippen molar-refractivity contribution in [3.05, 3.63) is 47.5 Å². The Labute approximate surface area is 141 Å². The second kappa shape index (κ2) is 6.38. The van der Waals surface area contributed by atoms with Gasteiger partial charge in [0.2, 0.25) is 5.91 Å². The van der Waals surface area contributed by atoms with Crippen molar-refractivity contribution in [2.45, 2.75) is 26.2 Å². The van der Waals surface area contributed by atoms with E-state index in [2.05, 4.69) is 34.9 Å². The van der Waals surface area contributed by atoms with Gasteiger partial charge in [0.15, 0.2) is 5.11 Å². The molecule has 5 heteroatoms. The first kappa shape index (κ1) is 15.5. The molecule has 0 atom stereocenters. The van der Waals surface area contributed by atoms with Crippen LogP contribution >= 0.6 is 12.2 Å². The van der Waals surface area contributed by atoms with Crippen LogP contribution in [0.15, 0.2) is 36.4 Å². The first-order chi connectivity index (χ1) is 11.1. The van der Waals surface area contributed by atoms with Crippen molar-refractivity contribution in [3.8, 4) is 11.1 Å². The highest BCUT2D eigenvalue weighted by Gasteiger charge is 2.19. The number of carbonyl (C=O) groups is 1. The number of anilines is 2. The van der Waals surface area contributed by atoms with Gasteiger partial charge in [-0.1, -0.05) is 19.1 Å². The summed E-state index contributed by atoms with van der Waals surface area (Å²) in [5.74, 6) is 0.0610. The van der Waals surface area contributed by atoms with Crippen molar-refractivity contribution in [3.63, 3.8) is 0 Å². The van der Waals surface area contributed by atoms with E-state index >= 15 is 0 Å². The number of benzene rings is 2. The van der Waals surface area contributed by atoms with Crippen LogP contribution in [0.2, 0.25) is 0 Å². The molecule has 0 saturated heterocycles. The first-order valence-corrected chi connectivity index (χ1v) is 8.10. The minimum Gasteiger partial charge on any atom is -0.376 e. The molecular formula is C18H19N3OS. The number of hydrogen-bond donors (Lipinski definition) is 3. The minimum absolute atomic E-state index is 0.0610. The molecule has 2 aromatic carbocycles. The Kier molecular flexibility index (Phi) is 4.30. The zero-order valence-corrected chi connectivity index (χ0v) is 13.8. The molecule has 0 spiro atoms. The van der Waals surface area contributed by atoms with Gasteiger partial charge in [0.05, 0.1) is 0 Å². The second-order valence-electron chi connectivity index (χ2n) is 5.71. The Morgan fingerprint density at radius 1 is 1.09 bits per heavy atom. The van der Waals surface area contributed by atoms with Gasteiger partial charge in [-0.05, 0) is 71.6 Å². The lowest BCUT2D eigenvalue weighted by Gasteiger charge is -2.07. The van der Waals surface area contributed by atoms with Crippen LogP contribution < -0.4 is 16.4 Å². The molecule has 0 fully saturated rings. The van der Waals surface area contributed by atoms with Gasteiger partial charge in [0, 0.05) is 17.8 Å². The monoisotopic (exact) mass is 325 g/mol. The third kappa shape index (κ3) is 3.35. The molecule has 0 unspecified atom stereocenters. The maximum absolute atomic E-state index is 11.7. The molecular weight excluding hydrogens is 306 g/mol. The quantitative estimate of drug-likeness (QED) is 0.641. The Morgan fingerprint density at radius 2 is 1.65 bits per heavy atom. The van der Waals surface area contributed by atoms with Crippen molar-refractivity contribution in [1.29, 1.82) is 0 Å². The van der Waals surface area contributed by atoms with E-state index in [4.69, 9.17) is 18.0 Å². The van der Waals surface area contributed by atoms with Gasteiger partial charge in [-0.15, -0.1) is 0 Å². The Bertz CT molecular complexity index is 786. The van der Waals surface area contributed by atoms with Crippen LogP contribution in [0, 0.1) is 0 Å². The molecule has 0 bridgehead atoms. The van der Waals surface area contributed by atoms with Crippen molar-refractivity contribution >= 4 is 34.6 Å². The lowest BCUT2D eigenvalue weighted by atomic mass is 10.0. The molecule has 0 aliphatic heterocycles. The average molecular weight is 325 g/mol. The summed E-state index contributed by atoms with van der Waals surface area (Å²) >= 11 is 4.88. The zero-order valence-electron chi connectivity index (χ0n) is 13.0. The maximum atomic E-state index is 11.7. The summed E-state index contributed by atoms with van der Waals surface area (Å²) in [6.07, 6.45) is 2.24. The molecule has 4 N–H and O–H groups in total. The molecule has 4 nitrogen and oxygen atoms in total. The topological polar surface area (TPSA) is 67.2 Å². The molecule has 1 aliphatic rings. The summed E-state index contributed by atoms with van der Waals surface area (Å²) in [5, 5.41) is 6.18. The Balaban J connectivity index is 1.83. The van der Waals surface area contributed by atoms with Crippen molar-refractivity contribution in [1.82, 2.24) is 0 Å². The van der Waals surface area contributed by atoms with E-state index in [1.54, 1.807) is 0 Å². The second-order valence-corrected chi connectivity index (χ2v) is 6.15. The van der Waals surface area contributed by atoms with Gasteiger partial charge in [0.1, 0.15) is 0 Å². The van der Waals surface area contributed by atoms with Crippen molar-refractivity contribution in [2.24, 2.45) is 5.73 Å². The van der Waals surface area contributed by atoms with Crippen LogP contribution in [0.3, 0.4) is 0 Å². The van der Waals surface area contributed by atoms with Crippen LogP contribution in [-0.4, -0.2) is 11.0 Å². The molecule has 1 amide bonds. The number of nitrogens with one attached hydrogen (secondary N) is 2. The number of hydrogen-bond acceptors (Lipinski definition) is 2. The molecule has 0 saturated carbocycles. The summed E-state index contributed by atoms with van der Waals surface area (Å²) in [6, 6.07) is 12.2. The van der Waals surface area contributed by atoms with Gasteiger partial charge in [0.25, 0.3) is 0 Å². The maximum Gasteiger partial charge on any atom is 0.224 e. The summed E-state index contributed by atoms with van der Waals surface area (Å²) in [7, 11) is 0. The van der Waals surface area contributed by atoms with Gasteiger partial charge in [-0.3, -0.25) is 4.79 Å². The SMILES string of the molecule is CCCC(=O)Nc1ccc2c(c1)Cc1cc(NC(N)=S)ccc1-2. The third-order valence-corrected chi connectivity index (χ3v) is 4.01. The average Bonchev–Trinajstić information content (AvgIpc) is 2.83. The zero-order chi connectivity index (χ0) is 16.4. The molecule has 0 aromatic heterocycles. The summed E-state index contributed by atoms with van der Waals surface area (Å²) < 4.78 is 0. The number of rotatable bonds is 4. The molecule has 0 heterocycles. The van der Waals surface area contributed by atoms with Gasteiger partial charge in [-0.2, -0.15) is 0 Å². The minimum atomic E-state index is 0.0610. The van der Waals surface area contributed by atoms with Gasteiger partial charge < -0.3 is 16.4 Å². The third-order valence-electron chi connectivity index (χ3n) is 3.91. The molecule has 0 radical (unpaired) electrons. The van der Waals surface area contributed by atoms with Gasteiger partial charge >= 0.3 is 0 Å². The van der Waals surface area contributed by atoms with E-state index in [9.17, 15) is 4.79 Å². The highest BCUT2D eigenvalue weighted by molar-refractivity contribution is 7.80. The van der Waals surface area contributed by atoms with E-state index in [0.29, 0.717) is 6.42 Å². The van der Waals surface area contributed by atoms with Crippen LogP contribution in [0.1, 0.15) is 30.9 Å². The van der Waals surface area contributed by atoms with E-state index < -0.39 is 0 Å². The normalized spacial score (nSPS) is 11.5. The van der Waals surface area contributed by atoms with Crippen molar-refractivity contribution < 1.29 is 4.79 Å². The summed E-state index contributed by atoms with van der Waals surface area (Å²) in [6.45, 7) is 2.00. The molecule has 1 aliphatic carbocycles. The van der Waals surface area contributed by atoms with E-state index in [1.165, 1.54) is 22.3 Å². The highest BCUT2D eigenvalue weighted by Crippen LogP contribution is 2.39. The fourth-order valence-corrected chi connectivity index (χ4v) is 3.08. The molecule has 3 rings (SSSR count). The molecule has 2 aromatic rings. The summed E-state index contributed by atoms with van der Waals surface area (Å²) in [4.78, 5) is 11.7. The summed E-state index contributed by atoms with van der Waals surface area (Å²) in [5.41, 5.74) is 12.2. The number of fused-ring (bicyclic) bond motifs is 3. The lowest BCUT2D eigenvalue weighted by molar-refractivity contribution is -0.116. The number of thiocarbonyl (C=S) groups is 1. The van der Waals surface area contributed by atoms with Crippen LogP contribution in [0.25, 0.3) is 11.1 Å². The van der Waals surface area contributed by atoms with Crippen LogP contribution in [0.4, 0.5) is 11.4 Å². The molecule has 118 valence electrons. The number of nitrogens with two attached hydrogens (primary N) is 1. The van der Waals surface area contributed by atoms with E-state index in [1.807, 2.05) is 19.1 Å². The lowest BCUT2D eigenvalue weighted by Crippen LogP contribution is -2.18. The molecule has 23 heavy (non-hydrogen) atoms. The number of carbonyl (C=O) groups excluding carboxylic acids is 1. The Morgan fingerprint density at radius 3 is 2.17 bits per heavy atom. The fourth-order valence-electron chi connectivity index (χ4n) is 2.96. The largest absolute Gasteiger partial charge is 0.376 e. The van der Waals surface area contributed by atoms with E-state index in [-0.39, 0.29) is 11.0 Å². The highest BCUT2D eigenvalue weighted by atomic mass is 32.1. The smallest absolute Gasteiger partial charge is 0.224 e. The predicted octanol–water partition coefficient (Wildman–Crippen LogP) is 3.65. The van der Waals surface area contributed by atoms with E-state index in [0.717, 1.165) is 24.2 Å². The predicted molar refractivity (Wildman–Crippen MR) is 98.6 cm³/mol. The fraction of sp³-hybridized carbons (Fsp3) is 0.222.